The van der Waals surface area contributed by atoms with Crippen molar-refractivity contribution in [3.8, 4) is 0 Å². The summed E-state index contributed by atoms with van der Waals surface area (Å²) in [7, 11) is 2.07. The minimum atomic E-state index is 0.396. The van der Waals surface area contributed by atoms with E-state index in [0.29, 0.717) is 27.7 Å². The molecule has 0 aliphatic rings. The first-order valence-corrected chi connectivity index (χ1v) is 6.48. The van der Waals surface area contributed by atoms with E-state index in [-0.39, 0.29) is 0 Å². The van der Waals surface area contributed by atoms with Crippen LogP contribution >= 0.6 is 23.2 Å². The molecule has 18 heavy (non-hydrogen) atoms. The highest BCUT2D eigenvalue weighted by Gasteiger charge is 2.09. The van der Waals surface area contributed by atoms with Gasteiger partial charge in [0.15, 0.2) is 5.82 Å². The molecule has 0 amide bonds. The Hall–Kier alpha value is -0.750. The van der Waals surface area contributed by atoms with Crippen LogP contribution in [0.15, 0.2) is 6.07 Å². The second kappa shape index (κ2) is 6.99. The van der Waals surface area contributed by atoms with Crippen molar-refractivity contribution in [2.24, 2.45) is 5.84 Å². The van der Waals surface area contributed by atoms with Gasteiger partial charge in [0.1, 0.15) is 5.82 Å². The van der Waals surface area contributed by atoms with E-state index in [2.05, 4.69) is 41.5 Å². The van der Waals surface area contributed by atoms with Crippen molar-refractivity contribution in [1.82, 2.24) is 9.88 Å². The van der Waals surface area contributed by atoms with Crippen LogP contribution in [-0.4, -0.2) is 36.1 Å². The van der Waals surface area contributed by atoms with Crippen molar-refractivity contribution in [2.75, 3.05) is 30.9 Å². The summed E-state index contributed by atoms with van der Waals surface area (Å²) in [6.45, 7) is 5.92. The summed E-state index contributed by atoms with van der Waals surface area (Å²) in [4.78, 5) is 6.42. The Kier molecular flexibility index (Phi) is 5.95. The maximum atomic E-state index is 6.04. The molecule has 0 aliphatic heterocycles. The Morgan fingerprint density at radius 3 is 2.50 bits per heavy atom. The second-order valence-corrected chi connectivity index (χ2v) is 5.11. The molecule has 5 nitrogen and oxygen atoms in total. The van der Waals surface area contributed by atoms with Crippen molar-refractivity contribution < 1.29 is 0 Å². The number of pyridine rings is 1. The zero-order valence-electron chi connectivity index (χ0n) is 10.8. The lowest BCUT2D eigenvalue weighted by Gasteiger charge is -2.21. The van der Waals surface area contributed by atoms with Gasteiger partial charge < -0.3 is 15.6 Å². The maximum absolute atomic E-state index is 6.04. The molecular formula is C11H19Cl2N5. The van der Waals surface area contributed by atoms with E-state index >= 15 is 0 Å². The summed E-state index contributed by atoms with van der Waals surface area (Å²) >= 11 is 11.9. The molecule has 0 radical (unpaired) electrons. The third-order valence-corrected chi connectivity index (χ3v) is 3.28. The molecule has 0 atom stereocenters. The van der Waals surface area contributed by atoms with Gasteiger partial charge in [0.05, 0.1) is 10.0 Å². The van der Waals surface area contributed by atoms with Crippen LogP contribution in [0.4, 0.5) is 11.6 Å². The largest absolute Gasteiger partial charge is 0.367 e. The first kappa shape index (κ1) is 15.3. The van der Waals surface area contributed by atoms with Gasteiger partial charge in [-0.25, -0.2) is 10.8 Å². The average Bonchev–Trinajstić information content (AvgIpc) is 2.31. The predicted octanol–water partition coefficient (Wildman–Crippen LogP) is 2.43. The SMILES string of the molecule is CC(C)N(C)CCNc1nc(NN)c(Cl)cc1Cl. The van der Waals surface area contributed by atoms with E-state index in [9.17, 15) is 0 Å². The smallest absolute Gasteiger partial charge is 0.161 e. The molecule has 4 N–H and O–H groups in total. The fraction of sp³-hybridized carbons (Fsp3) is 0.545. The third kappa shape index (κ3) is 4.17. The van der Waals surface area contributed by atoms with Gasteiger partial charge in [-0.05, 0) is 27.0 Å². The Morgan fingerprint density at radius 1 is 1.33 bits per heavy atom. The molecule has 0 aromatic carbocycles. The normalized spacial score (nSPS) is 11.1. The third-order valence-electron chi connectivity index (χ3n) is 2.70. The Bertz CT molecular complexity index is 397. The fourth-order valence-corrected chi connectivity index (χ4v) is 1.78. The average molecular weight is 292 g/mol. The quantitative estimate of drug-likeness (QED) is 0.555. The van der Waals surface area contributed by atoms with Gasteiger partial charge in [-0.15, -0.1) is 0 Å². The fourth-order valence-electron chi connectivity index (χ4n) is 1.30. The summed E-state index contributed by atoms with van der Waals surface area (Å²) in [5, 5.41) is 4.04. The molecule has 1 rings (SSSR count). The van der Waals surface area contributed by atoms with E-state index < -0.39 is 0 Å². The number of nitrogens with two attached hydrogens (primary N) is 1. The Balaban J connectivity index is 2.62. The number of anilines is 2. The zero-order valence-corrected chi connectivity index (χ0v) is 12.3. The Morgan fingerprint density at radius 2 is 1.94 bits per heavy atom. The number of rotatable bonds is 6. The molecule has 7 heteroatoms. The molecule has 102 valence electrons. The summed E-state index contributed by atoms with van der Waals surface area (Å²) in [6.07, 6.45) is 0. The minimum absolute atomic E-state index is 0.396. The monoisotopic (exact) mass is 291 g/mol. The molecule has 0 saturated heterocycles. The lowest BCUT2D eigenvalue weighted by atomic mass is 10.3. The van der Waals surface area contributed by atoms with Crippen LogP contribution in [0.3, 0.4) is 0 Å². The van der Waals surface area contributed by atoms with Gasteiger partial charge >= 0.3 is 0 Å². The van der Waals surface area contributed by atoms with Gasteiger partial charge in [-0.3, -0.25) is 0 Å². The van der Waals surface area contributed by atoms with E-state index in [1.54, 1.807) is 6.07 Å². The highest BCUT2D eigenvalue weighted by Crippen LogP contribution is 2.28. The van der Waals surface area contributed by atoms with Crippen LogP contribution in [0.2, 0.25) is 10.0 Å². The van der Waals surface area contributed by atoms with E-state index in [1.807, 2.05) is 0 Å². The minimum Gasteiger partial charge on any atom is -0.367 e. The van der Waals surface area contributed by atoms with Gasteiger partial charge in [-0.2, -0.15) is 0 Å². The van der Waals surface area contributed by atoms with Crippen molar-refractivity contribution in [2.45, 2.75) is 19.9 Å². The number of nitrogen functional groups attached to an aromatic ring is 1. The highest BCUT2D eigenvalue weighted by molar-refractivity contribution is 6.37. The van der Waals surface area contributed by atoms with Crippen molar-refractivity contribution in [3.63, 3.8) is 0 Å². The van der Waals surface area contributed by atoms with Crippen LogP contribution < -0.4 is 16.6 Å². The molecule has 1 aromatic rings. The number of nitrogens with zero attached hydrogens (tertiary/aromatic N) is 2. The summed E-state index contributed by atoms with van der Waals surface area (Å²) < 4.78 is 0. The molecule has 0 saturated carbocycles. The first-order valence-electron chi connectivity index (χ1n) is 5.72. The molecular weight excluding hydrogens is 273 g/mol. The summed E-state index contributed by atoms with van der Waals surface area (Å²) in [5.74, 6) is 6.29. The zero-order chi connectivity index (χ0) is 13.7. The molecule has 0 aliphatic carbocycles. The second-order valence-electron chi connectivity index (χ2n) is 4.29. The molecule has 1 heterocycles. The maximum Gasteiger partial charge on any atom is 0.161 e. The van der Waals surface area contributed by atoms with Crippen LogP contribution in [-0.2, 0) is 0 Å². The van der Waals surface area contributed by atoms with Gasteiger partial charge in [-0.1, -0.05) is 23.2 Å². The van der Waals surface area contributed by atoms with E-state index in [1.165, 1.54) is 0 Å². The standard InChI is InChI=1S/C11H19Cl2N5/c1-7(2)18(3)5-4-15-10-8(12)6-9(13)11(16-10)17-14/h6-7H,4-5,14H2,1-3H3,(H2,15,16,17). The van der Waals surface area contributed by atoms with Gasteiger partial charge in [0, 0.05) is 19.1 Å². The van der Waals surface area contributed by atoms with E-state index in [4.69, 9.17) is 29.0 Å². The van der Waals surface area contributed by atoms with Gasteiger partial charge in [0.25, 0.3) is 0 Å². The molecule has 1 aromatic heterocycles. The lowest BCUT2D eigenvalue weighted by molar-refractivity contribution is 0.284. The van der Waals surface area contributed by atoms with Crippen molar-refractivity contribution in [1.29, 1.82) is 0 Å². The van der Waals surface area contributed by atoms with Crippen molar-refractivity contribution in [3.05, 3.63) is 16.1 Å². The number of nitrogens with one attached hydrogen (secondary N) is 2. The van der Waals surface area contributed by atoms with E-state index in [0.717, 1.165) is 13.1 Å². The van der Waals surface area contributed by atoms with Crippen LogP contribution in [0.1, 0.15) is 13.8 Å². The number of hydrazine groups is 1. The first-order chi connectivity index (χ1) is 8.45. The lowest BCUT2D eigenvalue weighted by Crippen LogP contribution is -2.31. The topological polar surface area (TPSA) is 66.2 Å². The van der Waals surface area contributed by atoms with Crippen LogP contribution in [0, 0.1) is 0 Å². The number of aromatic nitrogens is 1. The summed E-state index contributed by atoms with van der Waals surface area (Å²) in [6, 6.07) is 2.11. The van der Waals surface area contributed by atoms with Crippen molar-refractivity contribution >= 4 is 34.8 Å². The summed E-state index contributed by atoms with van der Waals surface area (Å²) in [5.41, 5.74) is 2.43. The Labute approximate surface area is 118 Å². The molecule has 0 spiro atoms. The molecule has 0 fully saturated rings. The predicted molar refractivity (Wildman–Crippen MR) is 78.3 cm³/mol. The number of hydrogen-bond acceptors (Lipinski definition) is 5. The molecule has 0 bridgehead atoms. The number of hydrogen-bond donors (Lipinski definition) is 3. The number of likely N-dealkylation sites (N-methyl/N-ethyl adjacent to an activating group) is 1. The van der Waals surface area contributed by atoms with Crippen LogP contribution in [0.25, 0.3) is 0 Å². The molecule has 0 unspecified atom stereocenters. The van der Waals surface area contributed by atoms with Crippen LogP contribution in [0.5, 0.6) is 0 Å². The van der Waals surface area contributed by atoms with Gasteiger partial charge in [0.2, 0.25) is 0 Å². The highest BCUT2D eigenvalue weighted by atomic mass is 35.5. The number of halogens is 2.